The van der Waals surface area contributed by atoms with E-state index in [0.717, 1.165) is 18.4 Å². The Morgan fingerprint density at radius 2 is 1.87 bits per heavy atom. The standard InChI is InChI=1S/C23H25N3O4/c1-15-6-8-16(9-7-15)21-24-22(30-25-21)18-5-4-12-26(14-18)23(27)17-10-11-19(28-2)20(13-17)29-3/h6-11,13,18H,4-5,12,14H2,1-3H3. The number of aryl methyl sites for hydroxylation is 1. The maximum atomic E-state index is 13.1. The monoisotopic (exact) mass is 407 g/mol. The molecule has 3 aromatic rings. The highest BCUT2D eigenvalue weighted by Crippen LogP contribution is 2.31. The highest BCUT2D eigenvalue weighted by molar-refractivity contribution is 5.95. The highest BCUT2D eigenvalue weighted by atomic mass is 16.5. The topological polar surface area (TPSA) is 77.7 Å². The summed E-state index contributed by atoms with van der Waals surface area (Å²) in [5, 5.41) is 4.14. The molecule has 1 aliphatic rings. The Bertz CT molecular complexity index is 1030. The second-order valence-electron chi connectivity index (χ2n) is 7.48. The van der Waals surface area contributed by atoms with Crippen molar-refractivity contribution in [3.8, 4) is 22.9 Å². The quantitative estimate of drug-likeness (QED) is 0.634. The molecule has 1 saturated heterocycles. The minimum Gasteiger partial charge on any atom is -0.493 e. The van der Waals surface area contributed by atoms with Gasteiger partial charge in [-0.3, -0.25) is 4.79 Å². The maximum Gasteiger partial charge on any atom is 0.254 e. The number of hydrogen-bond acceptors (Lipinski definition) is 6. The van der Waals surface area contributed by atoms with Crippen molar-refractivity contribution in [2.45, 2.75) is 25.7 Å². The molecule has 1 amide bonds. The van der Waals surface area contributed by atoms with Gasteiger partial charge >= 0.3 is 0 Å². The molecule has 2 aromatic carbocycles. The lowest BCUT2D eigenvalue weighted by Gasteiger charge is -2.31. The molecule has 4 rings (SSSR count). The summed E-state index contributed by atoms with van der Waals surface area (Å²) >= 11 is 0. The minimum absolute atomic E-state index is 0.0227. The fourth-order valence-electron chi connectivity index (χ4n) is 3.74. The van der Waals surface area contributed by atoms with E-state index in [4.69, 9.17) is 14.0 Å². The number of likely N-dealkylation sites (tertiary alicyclic amines) is 1. The summed E-state index contributed by atoms with van der Waals surface area (Å²) in [5.41, 5.74) is 2.67. The molecular formula is C23H25N3O4. The van der Waals surface area contributed by atoms with Gasteiger partial charge in [-0.15, -0.1) is 0 Å². The van der Waals surface area contributed by atoms with Crippen LogP contribution in [0, 0.1) is 6.92 Å². The lowest BCUT2D eigenvalue weighted by molar-refractivity contribution is 0.0695. The number of nitrogens with zero attached hydrogens (tertiary/aromatic N) is 3. The Balaban J connectivity index is 1.49. The van der Waals surface area contributed by atoms with Crippen LogP contribution in [0.4, 0.5) is 0 Å². The largest absolute Gasteiger partial charge is 0.493 e. The van der Waals surface area contributed by atoms with Gasteiger partial charge in [0.25, 0.3) is 5.91 Å². The van der Waals surface area contributed by atoms with Crippen LogP contribution in [-0.4, -0.2) is 48.3 Å². The number of hydrogen-bond donors (Lipinski definition) is 0. The highest BCUT2D eigenvalue weighted by Gasteiger charge is 2.29. The van der Waals surface area contributed by atoms with Gasteiger partial charge in [0, 0.05) is 24.2 Å². The van der Waals surface area contributed by atoms with Crippen LogP contribution in [-0.2, 0) is 0 Å². The first-order valence-electron chi connectivity index (χ1n) is 10.0. The predicted octanol–water partition coefficient (Wildman–Crippen LogP) is 4.08. The van der Waals surface area contributed by atoms with E-state index >= 15 is 0 Å². The zero-order valence-corrected chi connectivity index (χ0v) is 17.4. The number of ether oxygens (including phenoxy) is 2. The predicted molar refractivity (Wildman–Crippen MR) is 112 cm³/mol. The van der Waals surface area contributed by atoms with E-state index in [0.29, 0.717) is 41.9 Å². The first-order chi connectivity index (χ1) is 14.6. The molecule has 0 saturated carbocycles. The third-order valence-corrected chi connectivity index (χ3v) is 5.44. The van der Waals surface area contributed by atoms with Crippen molar-refractivity contribution < 1.29 is 18.8 Å². The second kappa shape index (κ2) is 8.57. The molecule has 1 aromatic heterocycles. The molecule has 0 aliphatic carbocycles. The van der Waals surface area contributed by atoms with Gasteiger partial charge in [-0.25, -0.2) is 0 Å². The van der Waals surface area contributed by atoms with E-state index in [1.807, 2.05) is 36.1 Å². The van der Waals surface area contributed by atoms with E-state index in [1.54, 1.807) is 32.4 Å². The van der Waals surface area contributed by atoms with Gasteiger partial charge < -0.3 is 18.9 Å². The molecule has 0 N–H and O–H groups in total. The van der Waals surface area contributed by atoms with Gasteiger partial charge in [0.1, 0.15) is 0 Å². The molecule has 156 valence electrons. The van der Waals surface area contributed by atoms with Crippen LogP contribution in [0.25, 0.3) is 11.4 Å². The number of methoxy groups -OCH3 is 2. The summed E-state index contributed by atoms with van der Waals surface area (Å²) in [4.78, 5) is 19.5. The van der Waals surface area contributed by atoms with Gasteiger partial charge in [-0.2, -0.15) is 4.98 Å². The SMILES string of the molecule is COc1ccc(C(=O)N2CCCC(c3nc(-c4ccc(C)cc4)no3)C2)cc1OC. The van der Waals surface area contributed by atoms with Crippen LogP contribution >= 0.6 is 0 Å². The Hall–Kier alpha value is -3.35. The molecule has 30 heavy (non-hydrogen) atoms. The zero-order chi connectivity index (χ0) is 21.1. The molecule has 1 unspecified atom stereocenters. The van der Waals surface area contributed by atoms with Crippen molar-refractivity contribution in [2.24, 2.45) is 0 Å². The molecule has 1 aliphatic heterocycles. The Kier molecular flexibility index (Phi) is 5.70. The fourth-order valence-corrected chi connectivity index (χ4v) is 3.74. The Labute approximate surface area is 175 Å². The molecule has 0 spiro atoms. The average Bonchev–Trinajstić information content (AvgIpc) is 3.29. The number of rotatable bonds is 5. The zero-order valence-electron chi connectivity index (χ0n) is 17.4. The molecule has 7 nitrogen and oxygen atoms in total. The normalized spacial score (nSPS) is 16.4. The van der Waals surface area contributed by atoms with Crippen molar-refractivity contribution in [1.82, 2.24) is 15.0 Å². The first kappa shape index (κ1) is 19.9. The van der Waals surface area contributed by atoms with Crippen molar-refractivity contribution in [3.63, 3.8) is 0 Å². The van der Waals surface area contributed by atoms with Gasteiger partial charge in [0.05, 0.1) is 20.1 Å². The maximum absolute atomic E-state index is 13.1. The summed E-state index contributed by atoms with van der Waals surface area (Å²) in [6, 6.07) is 13.2. The van der Waals surface area contributed by atoms with E-state index in [-0.39, 0.29) is 11.8 Å². The number of aromatic nitrogens is 2. The van der Waals surface area contributed by atoms with Gasteiger partial charge in [0.15, 0.2) is 11.5 Å². The molecule has 0 bridgehead atoms. The first-order valence-corrected chi connectivity index (χ1v) is 10.0. The minimum atomic E-state index is -0.0427. The van der Waals surface area contributed by atoms with E-state index in [9.17, 15) is 4.79 Å². The number of carbonyl (C=O) groups excluding carboxylic acids is 1. The summed E-state index contributed by atoms with van der Waals surface area (Å²) < 4.78 is 16.1. The van der Waals surface area contributed by atoms with E-state index in [1.165, 1.54) is 5.56 Å². The molecule has 2 heterocycles. The number of amides is 1. The lowest BCUT2D eigenvalue weighted by Crippen LogP contribution is -2.39. The smallest absolute Gasteiger partial charge is 0.254 e. The number of benzene rings is 2. The van der Waals surface area contributed by atoms with Crippen LogP contribution < -0.4 is 9.47 Å². The fraction of sp³-hybridized carbons (Fsp3) is 0.348. The third kappa shape index (κ3) is 4.01. The van der Waals surface area contributed by atoms with Gasteiger partial charge in [-0.05, 0) is 38.0 Å². The van der Waals surface area contributed by atoms with Crippen LogP contribution in [0.5, 0.6) is 11.5 Å². The molecule has 0 radical (unpaired) electrons. The van der Waals surface area contributed by atoms with Gasteiger partial charge in [0.2, 0.25) is 11.7 Å². The Morgan fingerprint density at radius 3 is 2.60 bits per heavy atom. The van der Waals surface area contributed by atoms with Crippen LogP contribution in [0.1, 0.15) is 40.6 Å². The summed E-state index contributed by atoms with van der Waals surface area (Å²) in [5.74, 6) is 2.27. The summed E-state index contributed by atoms with van der Waals surface area (Å²) in [7, 11) is 3.13. The van der Waals surface area contributed by atoms with Crippen molar-refractivity contribution >= 4 is 5.91 Å². The van der Waals surface area contributed by atoms with Crippen LogP contribution in [0.2, 0.25) is 0 Å². The molecule has 1 atom stereocenters. The van der Waals surface area contributed by atoms with E-state index < -0.39 is 0 Å². The number of piperidine rings is 1. The van der Waals surface area contributed by atoms with Crippen molar-refractivity contribution in [3.05, 3.63) is 59.5 Å². The van der Waals surface area contributed by atoms with Crippen LogP contribution in [0.15, 0.2) is 47.0 Å². The summed E-state index contributed by atoms with van der Waals surface area (Å²) in [6.07, 6.45) is 1.79. The van der Waals surface area contributed by atoms with Crippen LogP contribution in [0.3, 0.4) is 0 Å². The average molecular weight is 407 g/mol. The third-order valence-electron chi connectivity index (χ3n) is 5.44. The second-order valence-corrected chi connectivity index (χ2v) is 7.48. The van der Waals surface area contributed by atoms with E-state index in [2.05, 4.69) is 10.1 Å². The molecule has 1 fully saturated rings. The van der Waals surface area contributed by atoms with Gasteiger partial charge in [-0.1, -0.05) is 35.0 Å². The van der Waals surface area contributed by atoms with Crippen molar-refractivity contribution in [1.29, 1.82) is 0 Å². The Morgan fingerprint density at radius 1 is 1.10 bits per heavy atom. The number of carbonyl (C=O) groups is 1. The molecule has 7 heteroatoms. The summed E-state index contributed by atoms with van der Waals surface area (Å²) in [6.45, 7) is 3.28. The lowest BCUT2D eigenvalue weighted by atomic mass is 9.97. The van der Waals surface area contributed by atoms with Crippen molar-refractivity contribution in [2.75, 3.05) is 27.3 Å². The molecular weight excluding hydrogens is 382 g/mol.